The molecule has 0 atom stereocenters. The van der Waals surface area contributed by atoms with E-state index in [1.54, 1.807) is 23.6 Å². The Morgan fingerprint density at radius 3 is 3.06 bits per heavy atom. The summed E-state index contributed by atoms with van der Waals surface area (Å²) in [5, 5.41) is 11.5. The quantitative estimate of drug-likeness (QED) is 0.735. The van der Waals surface area contributed by atoms with Crippen molar-refractivity contribution < 1.29 is 5.11 Å². The molecule has 3 nitrogen and oxygen atoms in total. The summed E-state index contributed by atoms with van der Waals surface area (Å²) in [6.45, 7) is 0. The highest BCUT2D eigenvalue weighted by atomic mass is 32.1. The maximum absolute atomic E-state index is 9.45. The van der Waals surface area contributed by atoms with Gasteiger partial charge in [-0.15, -0.1) is 11.3 Å². The fourth-order valence-electron chi connectivity index (χ4n) is 1.73. The number of fused-ring (bicyclic) bond motifs is 1. The standard InChI is InChI=1S/C12H10N2OS/c15-10-4-3-9-7-13-12(14(9)8-10)6-11-2-1-5-16-11/h1-5,7-8,15H,6H2. The molecule has 4 heteroatoms. The molecule has 3 aromatic rings. The van der Waals surface area contributed by atoms with Gasteiger partial charge >= 0.3 is 0 Å². The third kappa shape index (κ3) is 1.57. The molecule has 0 bridgehead atoms. The molecule has 0 aromatic carbocycles. The molecule has 0 radical (unpaired) electrons. The SMILES string of the molecule is Oc1ccc2cnc(Cc3cccs3)n2c1. The zero-order valence-corrected chi connectivity index (χ0v) is 9.31. The highest BCUT2D eigenvalue weighted by Crippen LogP contribution is 2.18. The lowest BCUT2D eigenvalue weighted by Gasteiger charge is -2.00. The van der Waals surface area contributed by atoms with Crippen LogP contribution in [0.5, 0.6) is 5.75 Å². The molecule has 0 saturated heterocycles. The molecule has 0 amide bonds. The molecule has 0 unspecified atom stereocenters. The Kier molecular flexibility index (Phi) is 2.15. The van der Waals surface area contributed by atoms with Gasteiger partial charge in [0.15, 0.2) is 0 Å². The summed E-state index contributed by atoms with van der Waals surface area (Å²) in [5.74, 6) is 1.21. The fourth-order valence-corrected chi connectivity index (χ4v) is 2.43. The Labute approximate surface area is 96.6 Å². The van der Waals surface area contributed by atoms with Crippen LogP contribution in [-0.2, 0) is 6.42 Å². The van der Waals surface area contributed by atoms with Gasteiger partial charge < -0.3 is 5.11 Å². The van der Waals surface area contributed by atoms with Gasteiger partial charge in [0.2, 0.25) is 0 Å². The number of thiophene rings is 1. The number of aromatic nitrogens is 2. The molecule has 0 spiro atoms. The summed E-state index contributed by atoms with van der Waals surface area (Å²) < 4.78 is 1.93. The van der Waals surface area contributed by atoms with E-state index in [0.717, 1.165) is 17.8 Å². The maximum atomic E-state index is 9.45. The Balaban J connectivity index is 2.07. The summed E-state index contributed by atoms with van der Waals surface area (Å²) in [4.78, 5) is 5.64. The second-order valence-electron chi connectivity index (χ2n) is 3.61. The van der Waals surface area contributed by atoms with E-state index >= 15 is 0 Å². The van der Waals surface area contributed by atoms with E-state index in [0.29, 0.717) is 0 Å². The lowest BCUT2D eigenvalue weighted by molar-refractivity contribution is 0.471. The van der Waals surface area contributed by atoms with Gasteiger partial charge in [0.25, 0.3) is 0 Å². The zero-order chi connectivity index (χ0) is 11.0. The normalized spacial score (nSPS) is 11.0. The number of nitrogens with zero attached hydrogens (tertiary/aromatic N) is 2. The van der Waals surface area contributed by atoms with Gasteiger partial charge in [0.1, 0.15) is 11.6 Å². The summed E-state index contributed by atoms with van der Waals surface area (Å²) >= 11 is 1.72. The van der Waals surface area contributed by atoms with E-state index in [1.807, 2.05) is 22.7 Å². The van der Waals surface area contributed by atoms with Crippen molar-refractivity contribution in [3.05, 3.63) is 52.7 Å². The fraction of sp³-hybridized carbons (Fsp3) is 0.0833. The molecule has 80 valence electrons. The first-order valence-corrected chi connectivity index (χ1v) is 5.88. The lowest BCUT2D eigenvalue weighted by atomic mass is 10.3. The topological polar surface area (TPSA) is 37.5 Å². The molecule has 0 aliphatic heterocycles. The zero-order valence-electron chi connectivity index (χ0n) is 8.50. The second kappa shape index (κ2) is 3.64. The Morgan fingerprint density at radius 1 is 1.31 bits per heavy atom. The summed E-state index contributed by atoms with van der Waals surface area (Å²) in [5.41, 5.74) is 1.00. The number of pyridine rings is 1. The van der Waals surface area contributed by atoms with Gasteiger partial charge in [-0.3, -0.25) is 4.40 Å². The number of imidazole rings is 1. The highest BCUT2D eigenvalue weighted by molar-refractivity contribution is 7.09. The van der Waals surface area contributed by atoms with Crippen LogP contribution >= 0.6 is 11.3 Å². The summed E-state index contributed by atoms with van der Waals surface area (Å²) in [6.07, 6.45) is 4.32. The Morgan fingerprint density at radius 2 is 2.25 bits per heavy atom. The number of rotatable bonds is 2. The van der Waals surface area contributed by atoms with Crippen molar-refractivity contribution in [3.8, 4) is 5.75 Å². The van der Waals surface area contributed by atoms with Crippen LogP contribution in [0.25, 0.3) is 5.52 Å². The minimum atomic E-state index is 0.262. The number of hydrogen-bond donors (Lipinski definition) is 1. The average Bonchev–Trinajstić information content (AvgIpc) is 2.90. The van der Waals surface area contributed by atoms with Crippen LogP contribution in [0.4, 0.5) is 0 Å². The lowest BCUT2D eigenvalue weighted by Crippen LogP contribution is -1.94. The first kappa shape index (κ1) is 9.42. The monoisotopic (exact) mass is 230 g/mol. The highest BCUT2D eigenvalue weighted by Gasteiger charge is 2.05. The summed E-state index contributed by atoms with van der Waals surface area (Å²) in [7, 11) is 0. The van der Waals surface area contributed by atoms with Crippen molar-refractivity contribution in [1.29, 1.82) is 0 Å². The van der Waals surface area contributed by atoms with Gasteiger partial charge in [-0.25, -0.2) is 4.98 Å². The molecule has 1 N–H and O–H groups in total. The van der Waals surface area contributed by atoms with E-state index in [4.69, 9.17) is 0 Å². The van der Waals surface area contributed by atoms with Crippen LogP contribution in [0.1, 0.15) is 10.7 Å². The second-order valence-corrected chi connectivity index (χ2v) is 4.64. The molecule has 0 aliphatic rings. The Hall–Kier alpha value is -1.81. The van der Waals surface area contributed by atoms with Gasteiger partial charge in [0.05, 0.1) is 17.9 Å². The minimum Gasteiger partial charge on any atom is -0.506 e. The van der Waals surface area contributed by atoms with E-state index < -0.39 is 0 Å². The van der Waals surface area contributed by atoms with Crippen molar-refractivity contribution in [2.75, 3.05) is 0 Å². The molecule has 0 fully saturated rings. The van der Waals surface area contributed by atoms with Gasteiger partial charge in [-0.05, 0) is 23.6 Å². The maximum Gasteiger partial charge on any atom is 0.132 e. The van der Waals surface area contributed by atoms with Crippen LogP contribution in [0, 0.1) is 0 Å². The number of aromatic hydroxyl groups is 1. The molecule has 3 aromatic heterocycles. The predicted molar refractivity (Wildman–Crippen MR) is 64.0 cm³/mol. The van der Waals surface area contributed by atoms with Gasteiger partial charge in [-0.1, -0.05) is 6.07 Å². The van der Waals surface area contributed by atoms with Crippen LogP contribution in [0.2, 0.25) is 0 Å². The van der Waals surface area contributed by atoms with Crippen molar-refractivity contribution in [2.24, 2.45) is 0 Å². The van der Waals surface area contributed by atoms with E-state index in [2.05, 4.69) is 16.4 Å². The van der Waals surface area contributed by atoms with Crippen molar-refractivity contribution in [2.45, 2.75) is 6.42 Å². The van der Waals surface area contributed by atoms with Crippen LogP contribution in [-0.4, -0.2) is 14.5 Å². The molecule has 16 heavy (non-hydrogen) atoms. The molecule has 0 aliphatic carbocycles. The van der Waals surface area contributed by atoms with Gasteiger partial charge in [0, 0.05) is 11.3 Å². The van der Waals surface area contributed by atoms with Crippen LogP contribution < -0.4 is 0 Å². The first-order valence-electron chi connectivity index (χ1n) is 5.00. The van der Waals surface area contributed by atoms with Gasteiger partial charge in [-0.2, -0.15) is 0 Å². The van der Waals surface area contributed by atoms with E-state index in [1.165, 1.54) is 4.88 Å². The average molecular weight is 230 g/mol. The molecule has 3 rings (SSSR count). The first-order chi connectivity index (χ1) is 7.83. The van der Waals surface area contributed by atoms with E-state index in [-0.39, 0.29) is 5.75 Å². The van der Waals surface area contributed by atoms with E-state index in [9.17, 15) is 5.11 Å². The van der Waals surface area contributed by atoms with Crippen molar-refractivity contribution >= 4 is 16.9 Å². The molecule has 0 saturated carbocycles. The summed E-state index contributed by atoms with van der Waals surface area (Å²) in [6, 6.07) is 7.66. The molecular formula is C12H10N2OS. The molecule has 3 heterocycles. The molecular weight excluding hydrogens is 220 g/mol. The predicted octanol–water partition coefficient (Wildman–Crippen LogP) is 2.69. The van der Waals surface area contributed by atoms with Crippen LogP contribution in [0.15, 0.2) is 42.0 Å². The van der Waals surface area contributed by atoms with Crippen LogP contribution in [0.3, 0.4) is 0 Å². The largest absolute Gasteiger partial charge is 0.506 e. The van der Waals surface area contributed by atoms with Crippen molar-refractivity contribution in [3.63, 3.8) is 0 Å². The smallest absolute Gasteiger partial charge is 0.132 e. The van der Waals surface area contributed by atoms with Crippen molar-refractivity contribution in [1.82, 2.24) is 9.38 Å². The third-order valence-electron chi connectivity index (χ3n) is 2.50. The number of hydrogen-bond acceptors (Lipinski definition) is 3. The third-order valence-corrected chi connectivity index (χ3v) is 3.38. The Bertz CT molecular complexity index is 613. The minimum absolute atomic E-state index is 0.262.